The van der Waals surface area contributed by atoms with Gasteiger partial charge in [0.25, 0.3) is 0 Å². The number of rotatable bonds is 11. The molecule has 0 spiro atoms. The molecule has 0 aliphatic carbocycles. The number of carbonyl (C=O) groups is 1. The van der Waals surface area contributed by atoms with Crippen LogP contribution in [0.5, 0.6) is 5.88 Å². The Kier molecular flexibility index (Phi) is 8.47. The van der Waals surface area contributed by atoms with E-state index in [0.717, 1.165) is 13.1 Å². The summed E-state index contributed by atoms with van der Waals surface area (Å²) in [6.45, 7) is 5.96. The summed E-state index contributed by atoms with van der Waals surface area (Å²) in [6.07, 6.45) is -0.144. The van der Waals surface area contributed by atoms with Gasteiger partial charge in [0.15, 0.2) is 15.7 Å². The molecule has 0 atom stereocenters. The Morgan fingerprint density at radius 2 is 1.67 bits per heavy atom. The Bertz CT molecular complexity index is 1610. The first kappa shape index (κ1) is 28.0. The van der Waals surface area contributed by atoms with E-state index in [0.29, 0.717) is 45.5 Å². The van der Waals surface area contributed by atoms with Gasteiger partial charge in [-0.05, 0) is 61.1 Å². The summed E-state index contributed by atoms with van der Waals surface area (Å²) in [5, 5.41) is 20.4. The monoisotopic (exact) mass is 551 g/mol. The zero-order valence-electron chi connectivity index (χ0n) is 21.7. The van der Waals surface area contributed by atoms with Crippen molar-refractivity contribution in [3.05, 3.63) is 89.2 Å². The highest BCUT2D eigenvalue weighted by atomic mass is 32.2. The predicted octanol–water partition coefficient (Wildman–Crippen LogP) is 4.92. The highest BCUT2D eigenvalue weighted by Crippen LogP contribution is 2.32. The second-order valence-electron chi connectivity index (χ2n) is 9.11. The van der Waals surface area contributed by atoms with Gasteiger partial charge in [-0.2, -0.15) is 0 Å². The molecule has 1 aromatic heterocycles. The van der Waals surface area contributed by atoms with Crippen molar-refractivity contribution in [3.8, 4) is 5.88 Å². The number of benzene rings is 3. The summed E-state index contributed by atoms with van der Waals surface area (Å²) in [6, 6.07) is 17.0. The number of aliphatic imine (C=N–C) groups is 1. The summed E-state index contributed by atoms with van der Waals surface area (Å²) in [5.74, 6) is -1.63. The van der Waals surface area contributed by atoms with Crippen LogP contribution in [0.3, 0.4) is 0 Å². The van der Waals surface area contributed by atoms with Crippen LogP contribution in [0.25, 0.3) is 10.9 Å². The summed E-state index contributed by atoms with van der Waals surface area (Å²) >= 11 is 0. The standard InChI is InChI=1S/C29H30FN3O5S/c1-3-33(4-2)15-16-39(37,38)23-12-10-22(11-13-23)31-28(20-7-5-19(6-8-20)17-26(34)35)27-24-14-9-21(30)18-25(24)32-29(27)36/h5-14,18,32,36H,3-4,15-17H2,1-2H3,(H,34,35). The maximum atomic E-state index is 13.8. The minimum Gasteiger partial charge on any atom is -0.494 e. The molecule has 204 valence electrons. The van der Waals surface area contributed by atoms with Gasteiger partial charge < -0.3 is 20.1 Å². The molecule has 39 heavy (non-hydrogen) atoms. The molecule has 8 nitrogen and oxygen atoms in total. The van der Waals surface area contributed by atoms with Crippen molar-refractivity contribution in [1.29, 1.82) is 0 Å². The molecule has 3 aromatic carbocycles. The Hall–Kier alpha value is -4.02. The molecule has 4 aromatic rings. The number of aromatic nitrogens is 1. The minimum atomic E-state index is -3.49. The van der Waals surface area contributed by atoms with E-state index in [-0.39, 0.29) is 22.9 Å². The highest BCUT2D eigenvalue weighted by molar-refractivity contribution is 7.91. The number of carboxylic acids is 1. The highest BCUT2D eigenvalue weighted by Gasteiger charge is 2.20. The van der Waals surface area contributed by atoms with E-state index in [2.05, 4.69) is 4.98 Å². The van der Waals surface area contributed by atoms with Gasteiger partial charge in [-0.25, -0.2) is 17.8 Å². The van der Waals surface area contributed by atoms with E-state index >= 15 is 0 Å². The summed E-state index contributed by atoms with van der Waals surface area (Å²) in [4.78, 5) is 20.9. The van der Waals surface area contributed by atoms with Gasteiger partial charge >= 0.3 is 5.97 Å². The molecular weight excluding hydrogens is 521 g/mol. The van der Waals surface area contributed by atoms with Gasteiger partial charge in [-0.15, -0.1) is 0 Å². The minimum absolute atomic E-state index is 0.00497. The van der Waals surface area contributed by atoms with Gasteiger partial charge in [-0.3, -0.25) is 4.79 Å². The molecule has 0 saturated heterocycles. The van der Waals surface area contributed by atoms with Crippen molar-refractivity contribution in [2.75, 3.05) is 25.4 Å². The molecule has 0 saturated carbocycles. The molecule has 3 N–H and O–H groups in total. The fourth-order valence-electron chi connectivity index (χ4n) is 4.38. The SMILES string of the molecule is CCN(CC)CCS(=O)(=O)c1ccc(N=C(c2ccc(CC(=O)O)cc2)c2c(O)[nH]c3cc(F)ccc23)cc1. The average molecular weight is 552 g/mol. The van der Waals surface area contributed by atoms with E-state index in [1.54, 1.807) is 36.4 Å². The van der Waals surface area contributed by atoms with Crippen LogP contribution >= 0.6 is 0 Å². The number of H-pyrrole nitrogens is 1. The van der Waals surface area contributed by atoms with Crippen molar-refractivity contribution in [2.45, 2.75) is 25.2 Å². The first-order valence-corrected chi connectivity index (χ1v) is 14.2. The van der Waals surface area contributed by atoms with Gasteiger partial charge in [0.05, 0.1) is 39.5 Å². The van der Waals surface area contributed by atoms with Crippen LogP contribution in [-0.2, 0) is 21.1 Å². The number of aromatic amines is 1. The van der Waals surface area contributed by atoms with Crippen LogP contribution < -0.4 is 0 Å². The van der Waals surface area contributed by atoms with Crippen molar-refractivity contribution in [1.82, 2.24) is 9.88 Å². The second-order valence-corrected chi connectivity index (χ2v) is 11.2. The maximum absolute atomic E-state index is 13.8. The Labute approximate surface area is 226 Å². The second kappa shape index (κ2) is 11.8. The number of halogens is 1. The van der Waals surface area contributed by atoms with E-state index in [9.17, 15) is 22.7 Å². The first-order chi connectivity index (χ1) is 18.6. The van der Waals surface area contributed by atoms with Crippen molar-refractivity contribution in [2.24, 2.45) is 4.99 Å². The first-order valence-electron chi connectivity index (χ1n) is 12.6. The molecule has 0 unspecified atom stereocenters. The Morgan fingerprint density at radius 3 is 2.28 bits per heavy atom. The third-order valence-corrected chi connectivity index (χ3v) is 8.28. The normalized spacial score (nSPS) is 12.4. The number of hydrogen-bond donors (Lipinski definition) is 3. The topological polar surface area (TPSA) is 123 Å². The molecule has 0 amide bonds. The lowest BCUT2D eigenvalue weighted by atomic mass is 9.99. The van der Waals surface area contributed by atoms with Crippen molar-refractivity contribution < 1.29 is 27.8 Å². The van der Waals surface area contributed by atoms with Crippen LogP contribution in [-0.4, -0.2) is 65.6 Å². The fraction of sp³-hybridized carbons (Fsp3) is 0.241. The summed E-state index contributed by atoms with van der Waals surface area (Å²) < 4.78 is 39.6. The number of hydrogen-bond acceptors (Lipinski definition) is 6. The largest absolute Gasteiger partial charge is 0.494 e. The van der Waals surface area contributed by atoms with Crippen molar-refractivity contribution >= 4 is 38.1 Å². The zero-order valence-corrected chi connectivity index (χ0v) is 22.5. The lowest BCUT2D eigenvalue weighted by Gasteiger charge is -2.17. The van der Waals surface area contributed by atoms with Gasteiger partial charge in [0.1, 0.15) is 5.82 Å². The molecule has 1 heterocycles. The number of nitrogens with one attached hydrogen (secondary N) is 1. The number of aliphatic carboxylic acids is 1. The lowest BCUT2D eigenvalue weighted by Crippen LogP contribution is -2.29. The number of aromatic hydroxyl groups is 1. The number of nitrogens with zero attached hydrogens (tertiary/aromatic N) is 2. The van der Waals surface area contributed by atoms with E-state index in [1.165, 1.54) is 30.3 Å². The van der Waals surface area contributed by atoms with Gasteiger partial charge in [0, 0.05) is 17.5 Å². The predicted molar refractivity (Wildman–Crippen MR) is 149 cm³/mol. The quantitative estimate of drug-likeness (QED) is 0.227. The summed E-state index contributed by atoms with van der Waals surface area (Å²) in [5.41, 5.74) is 2.69. The number of fused-ring (bicyclic) bond motifs is 1. The zero-order chi connectivity index (χ0) is 28.2. The van der Waals surface area contributed by atoms with Crippen LogP contribution in [0.2, 0.25) is 0 Å². The molecular formula is C29H30FN3O5S. The fourth-order valence-corrected chi connectivity index (χ4v) is 5.66. The molecule has 0 aliphatic heterocycles. The molecule has 4 rings (SSSR count). The van der Waals surface area contributed by atoms with Crippen LogP contribution in [0, 0.1) is 5.82 Å². The maximum Gasteiger partial charge on any atom is 0.307 e. The van der Waals surface area contributed by atoms with E-state index < -0.39 is 21.6 Å². The van der Waals surface area contributed by atoms with Gasteiger partial charge in [0.2, 0.25) is 0 Å². The number of sulfone groups is 1. The van der Waals surface area contributed by atoms with Crippen LogP contribution in [0.1, 0.15) is 30.5 Å². The average Bonchev–Trinajstić information content (AvgIpc) is 3.22. The Balaban J connectivity index is 1.75. The smallest absolute Gasteiger partial charge is 0.307 e. The molecule has 0 bridgehead atoms. The molecule has 0 radical (unpaired) electrons. The molecule has 0 aliphatic rings. The van der Waals surface area contributed by atoms with Gasteiger partial charge in [-0.1, -0.05) is 38.1 Å². The number of carboxylic acid groups (broad SMARTS) is 1. The van der Waals surface area contributed by atoms with Crippen LogP contribution in [0.4, 0.5) is 10.1 Å². The third kappa shape index (κ3) is 6.52. The van der Waals surface area contributed by atoms with E-state index in [4.69, 9.17) is 10.1 Å². The Morgan fingerprint density at radius 1 is 1.00 bits per heavy atom. The van der Waals surface area contributed by atoms with Crippen molar-refractivity contribution in [3.63, 3.8) is 0 Å². The summed E-state index contributed by atoms with van der Waals surface area (Å²) in [7, 11) is -3.49. The molecule has 10 heteroatoms. The molecule has 0 fully saturated rings. The van der Waals surface area contributed by atoms with E-state index in [1.807, 2.05) is 18.7 Å². The van der Waals surface area contributed by atoms with Crippen LogP contribution in [0.15, 0.2) is 76.6 Å². The third-order valence-electron chi connectivity index (χ3n) is 6.57. The lowest BCUT2D eigenvalue weighted by molar-refractivity contribution is -0.136.